The number of hydrogen-bond acceptors (Lipinski definition) is 7. The number of alkyl carbamates (subject to hydrolysis) is 1. The molecule has 5 heterocycles. The van der Waals surface area contributed by atoms with Crippen molar-refractivity contribution < 1.29 is 28.7 Å². The molecule has 3 saturated heterocycles. The first-order valence-corrected chi connectivity index (χ1v) is 17.9. The van der Waals surface area contributed by atoms with Gasteiger partial charge in [0, 0.05) is 24.5 Å². The zero-order chi connectivity index (χ0) is 36.5. The van der Waals surface area contributed by atoms with Gasteiger partial charge in [0.1, 0.15) is 18.4 Å². The summed E-state index contributed by atoms with van der Waals surface area (Å²) in [6.07, 6.45) is 4.06. The van der Waals surface area contributed by atoms with Crippen LogP contribution >= 0.6 is 0 Å². The molecule has 13 nitrogen and oxygen atoms in total. The Bertz CT molecular complexity index is 1930. The maximum Gasteiger partial charge on any atom is 0.410 e. The topological polar surface area (TPSA) is 153 Å². The van der Waals surface area contributed by atoms with Crippen molar-refractivity contribution in [3.63, 3.8) is 0 Å². The number of hydrogen-bond donors (Lipinski definition) is 3. The molecule has 4 aromatic rings. The Hall–Kier alpha value is -5.59. The SMILES string of the molecule is COC(=O)N[C@H](C(=O)N1CCC[C@H]1c1ccc(-c2ccc(-c3ccc(-c4cnc([C@@H]5CC[C@H]6CN(C(=O)OC)CC(=O)N65)[nH]4)cc3)cc2)[nH]1)C(C)C. The molecule has 4 atom stereocenters. The maximum atomic E-state index is 13.5. The zero-order valence-corrected chi connectivity index (χ0v) is 29.9. The summed E-state index contributed by atoms with van der Waals surface area (Å²) in [7, 11) is 2.63. The first-order chi connectivity index (χ1) is 25.1. The summed E-state index contributed by atoms with van der Waals surface area (Å²) in [6.45, 7) is 4.95. The van der Waals surface area contributed by atoms with E-state index < -0.39 is 18.2 Å². The molecule has 4 amide bonds. The monoisotopic (exact) mass is 707 g/mol. The lowest BCUT2D eigenvalue weighted by Crippen LogP contribution is -2.55. The molecule has 3 aliphatic rings. The van der Waals surface area contributed by atoms with Gasteiger partial charge in [0.05, 0.1) is 44.2 Å². The number of fused-ring (bicyclic) bond motifs is 1. The van der Waals surface area contributed by atoms with E-state index in [4.69, 9.17) is 9.47 Å². The number of carbonyl (C=O) groups is 4. The van der Waals surface area contributed by atoms with E-state index in [0.717, 1.165) is 70.8 Å². The molecule has 2 aromatic carbocycles. The summed E-state index contributed by atoms with van der Waals surface area (Å²) in [5.41, 5.74) is 7.03. The van der Waals surface area contributed by atoms with Crippen LogP contribution in [-0.2, 0) is 19.1 Å². The van der Waals surface area contributed by atoms with Crippen molar-refractivity contribution in [2.45, 2.75) is 63.7 Å². The molecule has 2 aromatic heterocycles. The third-order valence-corrected chi connectivity index (χ3v) is 10.6. The lowest BCUT2D eigenvalue weighted by Gasteiger charge is -2.38. The molecule has 3 N–H and O–H groups in total. The summed E-state index contributed by atoms with van der Waals surface area (Å²) in [5, 5.41) is 2.71. The second-order valence-corrected chi connectivity index (χ2v) is 14.1. The first kappa shape index (κ1) is 34.8. The van der Waals surface area contributed by atoms with Gasteiger partial charge in [0.25, 0.3) is 0 Å². The average Bonchev–Trinajstić information content (AvgIpc) is 3.99. The van der Waals surface area contributed by atoms with Gasteiger partial charge in [-0.15, -0.1) is 0 Å². The maximum absolute atomic E-state index is 13.5. The Morgan fingerprint density at radius 2 is 1.50 bits per heavy atom. The normalized spacial score (nSPS) is 20.6. The van der Waals surface area contributed by atoms with E-state index in [0.29, 0.717) is 13.1 Å². The predicted octanol–water partition coefficient (Wildman–Crippen LogP) is 5.90. The molecule has 52 heavy (non-hydrogen) atoms. The number of aromatic amines is 2. The van der Waals surface area contributed by atoms with Crippen LogP contribution in [-0.4, -0.2) is 99.6 Å². The fraction of sp³-hybridized carbons (Fsp3) is 0.410. The van der Waals surface area contributed by atoms with Crippen LogP contribution in [0.5, 0.6) is 0 Å². The first-order valence-electron chi connectivity index (χ1n) is 17.9. The number of nitrogens with one attached hydrogen (secondary N) is 3. The number of benzene rings is 2. The van der Waals surface area contributed by atoms with Gasteiger partial charge in [0.2, 0.25) is 11.8 Å². The van der Waals surface area contributed by atoms with E-state index >= 15 is 0 Å². The van der Waals surface area contributed by atoms with Crippen LogP contribution < -0.4 is 5.32 Å². The Kier molecular flexibility index (Phi) is 9.76. The minimum Gasteiger partial charge on any atom is -0.453 e. The number of carbonyl (C=O) groups excluding carboxylic acids is 4. The number of aromatic nitrogens is 3. The Morgan fingerprint density at radius 3 is 2.15 bits per heavy atom. The number of amides is 4. The number of H-pyrrole nitrogens is 2. The summed E-state index contributed by atoms with van der Waals surface area (Å²) >= 11 is 0. The van der Waals surface area contributed by atoms with Crippen molar-refractivity contribution >= 4 is 24.0 Å². The van der Waals surface area contributed by atoms with Crippen molar-refractivity contribution in [3.8, 4) is 33.6 Å². The summed E-state index contributed by atoms with van der Waals surface area (Å²) in [4.78, 5) is 67.4. The van der Waals surface area contributed by atoms with Gasteiger partial charge in [-0.05, 0) is 66.0 Å². The van der Waals surface area contributed by atoms with E-state index in [2.05, 4.69) is 74.9 Å². The predicted molar refractivity (Wildman–Crippen MR) is 194 cm³/mol. The van der Waals surface area contributed by atoms with Gasteiger partial charge in [-0.2, -0.15) is 0 Å². The van der Waals surface area contributed by atoms with Crippen LogP contribution in [0.2, 0.25) is 0 Å². The van der Waals surface area contributed by atoms with E-state index in [1.807, 2.05) is 35.9 Å². The van der Waals surface area contributed by atoms with E-state index in [1.54, 1.807) is 0 Å². The third-order valence-electron chi connectivity index (χ3n) is 10.6. The summed E-state index contributed by atoms with van der Waals surface area (Å²) in [5.74, 6) is 0.487. The molecule has 3 aliphatic heterocycles. The van der Waals surface area contributed by atoms with Gasteiger partial charge in [-0.3, -0.25) is 14.5 Å². The summed E-state index contributed by atoms with van der Waals surface area (Å²) in [6, 6.07) is 19.8. The minimum atomic E-state index is -0.656. The largest absolute Gasteiger partial charge is 0.453 e. The van der Waals surface area contributed by atoms with Gasteiger partial charge < -0.3 is 34.6 Å². The van der Waals surface area contributed by atoms with Crippen molar-refractivity contribution in [3.05, 3.63) is 78.4 Å². The number of ether oxygens (including phenoxy) is 2. The van der Waals surface area contributed by atoms with Crippen LogP contribution in [0, 0.1) is 5.92 Å². The highest BCUT2D eigenvalue weighted by atomic mass is 16.5. The van der Waals surface area contributed by atoms with Crippen molar-refractivity contribution in [1.82, 2.24) is 35.0 Å². The van der Waals surface area contributed by atoms with Crippen LogP contribution in [0.25, 0.3) is 33.6 Å². The van der Waals surface area contributed by atoms with Gasteiger partial charge in [0.15, 0.2) is 0 Å². The van der Waals surface area contributed by atoms with Crippen molar-refractivity contribution in [2.75, 3.05) is 33.9 Å². The van der Waals surface area contributed by atoms with Crippen LogP contribution in [0.4, 0.5) is 9.59 Å². The average molecular weight is 708 g/mol. The standard InChI is InChI=1S/C39H45N7O6/c1-23(2)35(43-38(49)51-3)37(48)45-19-5-6-32(45)30-17-16-29(41-30)26-11-7-24(8-12-26)25-9-13-27(14-10-25)31-20-40-36(42-31)33-18-15-28-21-44(39(50)52-4)22-34(47)46(28)33/h7-14,16-17,20,23,28,32-33,35,41H,5-6,15,18-19,21-22H2,1-4H3,(H,40,42)(H,43,49)/t28-,32-,33-,35-/m0/s1. The van der Waals surface area contributed by atoms with Crippen LogP contribution in [0.1, 0.15) is 63.1 Å². The quantitative estimate of drug-likeness (QED) is 0.206. The molecule has 0 radical (unpaired) electrons. The highest BCUT2D eigenvalue weighted by Crippen LogP contribution is 2.38. The molecular formula is C39H45N7O6. The molecule has 0 bridgehead atoms. The number of likely N-dealkylation sites (tertiary alicyclic amines) is 1. The zero-order valence-electron chi connectivity index (χ0n) is 29.9. The van der Waals surface area contributed by atoms with E-state index in [9.17, 15) is 19.2 Å². The molecule has 272 valence electrons. The smallest absolute Gasteiger partial charge is 0.410 e. The van der Waals surface area contributed by atoms with Gasteiger partial charge in [-0.25, -0.2) is 14.6 Å². The molecule has 7 rings (SSSR count). The van der Waals surface area contributed by atoms with Crippen LogP contribution in [0.15, 0.2) is 66.9 Å². The van der Waals surface area contributed by atoms with Gasteiger partial charge in [-0.1, -0.05) is 62.4 Å². The van der Waals surface area contributed by atoms with Crippen molar-refractivity contribution in [1.29, 1.82) is 0 Å². The molecular weight excluding hydrogens is 662 g/mol. The minimum absolute atomic E-state index is 0.0148. The lowest BCUT2D eigenvalue weighted by atomic mass is 10.0. The van der Waals surface area contributed by atoms with Gasteiger partial charge >= 0.3 is 12.2 Å². The van der Waals surface area contributed by atoms with Crippen molar-refractivity contribution in [2.24, 2.45) is 5.92 Å². The third kappa shape index (κ3) is 6.74. The fourth-order valence-corrected chi connectivity index (χ4v) is 7.88. The highest BCUT2D eigenvalue weighted by molar-refractivity contribution is 5.87. The number of piperazine rings is 1. The molecule has 0 aliphatic carbocycles. The molecule has 13 heteroatoms. The Labute approximate surface area is 302 Å². The highest BCUT2D eigenvalue weighted by Gasteiger charge is 2.44. The molecule has 0 unspecified atom stereocenters. The number of nitrogens with zero attached hydrogens (tertiary/aromatic N) is 4. The Balaban J connectivity index is 0.997. The second-order valence-electron chi connectivity index (χ2n) is 14.1. The molecule has 0 spiro atoms. The summed E-state index contributed by atoms with van der Waals surface area (Å²) < 4.78 is 9.59. The number of methoxy groups -OCH3 is 2. The second kappa shape index (κ2) is 14.6. The van der Waals surface area contributed by atoms with Crippen LogP contribution in [0.3, 0.4) is 0 Å². The van der Waals surface area contributed by atoms with E-state index in [1.165, 1.54) is 19.1 Å². The molecule has 3 fully saturated rings. The number of rotatable bonds is 8. The fourth-order valence-electron chi connectivity index (χ4n) is 7.88. The number of imidazole rings is 1. The van der Waals surface area contributed by atoms with E-state index in [-0.39, 0.29) is 42.4 Å². The molecule has 0 saturated carbocycles. The Morgan fingerprint density at radius 1 is 0.827 bits per heavy atom. The lowest BCUT2D eigenvalue weighted by molar-refractivity contribution is -0.139.